The highest BCUT2D eigenvalue weighted by Gasteiger charge is 2.20. The molecule has 0 amide bonds. The maximum absolute atomic E-state index is 4.96. The SMILES string of the molecule is CCCCCC1=C2C=CC(=N2)C=C2C=CC(=N2)C(CCCCC)=C2C=CC(=N2)C=C2C=CC1=N2. The molecule has 34 heavy (non-hydrogen) atoms. The average Bonchev–Trinajstić information content (AvgIpc) is 3.63. The zero-order valence-electron chi connectivity index (χ0n) is 20.2. The summed E-state index contributed by atoms with van der Waals surface area (Å²) in [5, 5.41) is 0. The van der Waals surface area contributed by atoms with Crippen molar-refractivity contribution in [1.82, 2.24) is 0 Å². The van der Waals surface area contributed by atoms with Crippen LogP contribution in [0.4, 0.5) is 0 Å². The Balaban J connectivity index is 1.59. The molecule has 8 bridgehead atoms. The van der Waals surface area contributed by atoms with Gasteiger partial charge < -0.3 is 0 Å². The maximum Gasteiger partial charge on any atom is 0.0691 e. The molecule has 0 aliphatic carbocycles. The van der Waals surface area contributed by atoms with Crippen LogP contribution >= 0.6 is 0 Å². The molecule has 0 unspecified atom stereocenters. The molecule has 0 radical (unpaired) electrons. The zero-order valence-corrected chi connectivity index (χ0v) is 20.2. The van der Waals surface area contributed by atoms with Gasteiger partial charge in [0, 0.05) is 11.1 Å². The Morgan fingerprint density at radius 1 is 0.500 bits per heavy atom. The van der Waals surface area contributed by atoms with Crippen LogP contribution in [-0.2, 0) is 0 Å². The first-order valence-electron chi connectivity index (χ1n) is 12.7. The Hall–Kier alpha value is -3.40. The van der Waals surface area contributed by atoms with Crippen molar-refractivity contribution in [3.8, 4) is 0 Å². The topological polar surface area (TPSA) is 49.4 Å². The summed E-state index contributed by atoms with van der Waals surface area (Å²) in [6.45, 7) is 4.47. The summed E-state index contributed by atoms with van der Waals surface area (Å²) in [5.41, 5.74) is 10.3. The lowest BCUT2D eigenvalue weighted by molar-refractivity contribution is 0.720. The molecule has 172 valence electrons. The molecular formula is C30H32N4. The summed E-state index contributed by atoms with van der Waals surface area (Å²) in [4.78, 5) is 19.8. The molecule has 0 saturated carbocycles. The third-order valence-corrected chi connectivity index (χ3v) is 6.54. The van der Waals surface area contributed by atoms with E-state index in [4.69, 9.17) is 20.0 Å². The van der Waals surface area contributed by atoms with Gasteiger partial charge in [-0.25, -0.2) is 20.0 Å². The predicted octanol–water partition coefficient (Wildman–Crippen LogP) is 7.48. The fourth-order valence-electron chi connectivity index (χ4n) is 4.69. The third-order valence-electron chi connectivity index (χ3n) is 6.54. The van der Waals surface area contributed by atoms with E-state index in [-0.39, 0.29) is 0 Å². The number of fused-ring (bicyclic) bond motifs is 4. The molecule has 0 atom stereocenters. The molecule has 0 aromatic carbocycles. The van der Waals surface area contributed by atoms with Crippen LogP contribution in [-0.4, -0.2) is 22.8 Å². The van der Waals surface area contributed by atoms with E-state index in [0.717, 1.165) is 71.3 Å². The van der Waals surface area contributed by atoms with E-state index < -0.39 is 0 Å². The fourth-order valence-corrected chi connectivity index (χ4v) is 4.69. The number of rotatable bonds is 8. The average molecular weight is 449 g/mol. The van der Waals surface area contributed by atoms with Gasteiger partial charge in [-0.3, -0.25) is 0 Å². The lowest BCUT2D eigenvalue weighted by Gasteiger charge is -2.08. The molecule has 0 fully saturated rings. The second kappa shape index (κ2) is 10.3. The molecule has 5 heterocycles. The van der Waals surface area contributed by atoms with Crippen molar-refractivity contribution in [2.75, 3.05) is 0 Å². The van der Waals surface area contributed by atoms with Crippen LogP contribution in [0.2, 0.25) is 0 Å². The highest BCUT2D eigenvalue weighted by Crippen LogP contribution is 2.29. The van der Waals surface area contributed by atoms with Gasteiger partial charge in [0.1, 0.15) is 0 Å². The minimum absolute atomic E-state index is 0.944. The van der Waals surface area contributed by atoms with E-state index in [1.54, 1.807) is 0 Å². The Labute approximate surface area is 202 Å². The number of allylic oxidation sites excluding steroid dienone is 12. The van der Waals surface area contributed by atoms with E-state index in [9.17, 15) is 0 Å². The highest BCUT2D eigenvalue weighted by atomic mass is 14.8. The Kier molecular flexibility index (Phi) is 6.75. The second-order valence-corrected chi connectivity index (χ2v) is 9.18. The monoisotopic (exact) mass is 448 g/mol. The van der Waals surface area contributed by atoms with Crippen LogP contribution in [0.15, 0.2) is 115 Å². The van der Waals surface area contributed by atoms with Crippen LogP contribution in [0.25, 0.3) is 0 Å². The van der Waals surface area contributed by atoms with Crippen molar-refractivity contribution < 1.29 is 0 Å². The number of hydrogen-bond acceptors (Lipinski definition) is 4. The van der Waals surface area contributed by atoms with Crippen molar-refractivity contribution in [2.45, 2.75) is 65.2 Å². The largest absolute Gasteiger partial charge is 0.249 e. The Bertz CT molecular complexity index is 1150. The van der Waals surface area contributed by atoms with Crippen molar-refractivity contribution in [3.63, 3.8) is 0 Å². The number of hydrogen-bond donors (Lipinski definition) is 0. The first-order chi connectivity index (χ1) is 16.7. The van der Waals surface area contributed by atoms with Gasteiger partial charge in [-0.2, -0.15) is 0 Å². The molecule has 4 nitrogen and oxygen atoms in total. The first-order valence-corrected chi connectivity index (χ1v) is 12.7. The molecule has 4 heteroatoms. The minimum atomic E-state index is 0.944. The van der Waals surface area contributed by atoms with E-state index >= 15 is 0 Å². The van der Waals surface area contributed by atoms with Crippen molar-refractivity contribution in [2.24, 2.45) is 20.0 Å². The van der Waals surface area contributed by atoms with Crippen LogP contribution in [0.1, 0.15) is 65.2 Å². The van der Waals surface area contributed by atoms with E-state index in [1.807, 2.05) is 0 Å². The molecule has 0 aromatic rings. The van der Waals surface area contributed by atoms with Crippen LogP contribution in [0.3, 0.4) is 0 Å². The number of aliphatic imine (C=N–C) groups is 4. The van der Waals surface area contributed by atoms with Gasteiger partial charge in [-0.05, 0) is 86.4 Å². The summed E-state index contributed by atoms with van der Waals surface area (Å²) in [5.74, 6) is 0. The number of unbranched alkanes of at least 4 members (excludes halogenated alkanes) is 4. The smallest absolute Gasteiger partial charge is 0.0691 e. The summed E-state index contributed by atoms with van der Waals surface area (Å²) >= 11 is 0. The molecule has 5 aliphatic rings. The van der Waals surface area contributed by atoms with Crippen LogP contribution < -0.4 is 0 Å². The van der Waals surface area contributed by atoms with Gasteiger partial charge in [0.25, 0.3) is 0 Å². The normalized spacial score (nSPS) is 20.2. The molecule has 0 aromatic heterocycles. The van der Waals surface area contributed by atoms with Gasteiger partial charge in [0.05, 0.1) is 45.6 Å². The minimum Gasteiger partial charge on any atom is -0.249 e. The third kappa shape index (κ3) is 4.91. The van der Waals surface area contributed by atoms with Crippen molar-refractivity contribution >= 4 is 22.8 Å². The van der Waals surface area contributed by atoms with Gasteiger partial charge >= 0.3 is 0 Å². The van der Waals surface area contributed by atoms with Crippen LogP contribution in [0, 0.1) is 0 Å². The summed E-state index contributed by atoms with van der Waals surface area (Å²) in [6.07, 6.45) is 30.1. The van der Waals surface area contributed by atoms with Gasteiger partial charge in [0.15, 0.2) is 0 Å². The standard InChI is InChI=1S/C30H32N4/c1-3-5-7-9-25-27-15-11-21(31-27)19-23-13-17-29(33-23)26(10-8-6-4-2)30-18-14-24(34-30)20-22-12-16-28(25)32-22/h11-20H,3-10H2,1-2H3. The van der Waals surface area contributed by atoms with Gasteiger partial charge in [-0.15, -0.1) is 0 Å². The summed E-state index contributed by atoms with van der Waals surface area (Å²) in [6, 6.07) is 0. The number of nitrogens with zero attached hydrogens (tertiary/aromatic N) is 4. The molecule has 0 spiro atoms. The molecule has 5 aliphatic heterocycles. The molecule has 0 N–H and O–H groups in total. The van der Waals surface area contributed by atoms with E-state index in [0.29, 0.717) is 0 Å². The summed E-state index contributed by atoms with van der Waals surface area (Å²) in [7, 11) is 0. The fraction of sp³-hybridized carbons (Fsp3) is 0.333. The quantitative estimate of drug-likeness (QED) is 0.346. The van der Waals surface area contributed by atoms with E-state index in [1.165, 1.54) is 36.8 Å². The van der Waals surface area contributed by atoms with Crippen molar-refractivity contribution in [1.29, 1.82) is 0 Å². The summed E-state index contributed by atoms with van der Waals surface area (Å²) < 4.78 is 0. The van der Waals surface area contributed by atoms with Crippen molar-refractivity contribution in [3.05, 3.63) is 94.7 Å². The first kappa shape index (κ1) is 22.4. The van der Waals surface area contributed by atoms with Crippen LogP contribution in [0.5, 0.6) is 0 Å². The van der Waals surface area contributed by atoms with E-state index in [2.05, 4.69) is 74.6 Å². The molecule has 5 rings (SSSR count). The maximum atomic E-state index is 4.96. The van der Waals surface area contributed by atoms with Gasteiger partial charge in [0.2, 0.25) is 0 Å². The Morgan fingerprint density at radius 3 is 1.41 bits per heavy atom. The zero-order chi connectivity index (χ0) is 23.3. The highest BCUT2D eigenvalue weighted by molar-refractivity contribution is 6.17. The molecular weight excluding hydrogens is 416 g/mol. The van der Waals surface area contributed by atoms with Gasteiger partial charge in [-0.1, -0.05) is 39.5 Å². The molecule has 0 saturated heterocycles. The Morgan fingerprint density at radius 2 is 0.971 bits per heavy atom. The lowest BCUT2D eigenvalue weighted by Crippen LogP contribution is -2.01. The predicted molar refractivity (Wildman–Crippen MR) is 145 cm³/mol. The second-order valence-electron chi connectivity index (χ2n) is 9.18. The lowest BCUT2D eigenvalue weighted by atomic mass is 10.0.